The number of hydrogen-bond acceptors (Lipinski definition) is 4. The number of piperazine rings is 1. The van der Waals surface area contributed by atoms with E-state index in [1.807, 2.05) is 29.3 Å². The maximum Gasteiger partial charge on any atom is 0.254 e. The number of aliphatic hydroxyl groups is 1. The lowest BCUT2D eigenvalue weighted by molar-refractivity contribution is -0.156. The minimum absolute atomic E-state index is 0.0534. The van der Waals surface area contributed by atoms with E-state index in [4.69, 9.17) is 0 Å². The number of nitrogens with zero attached hydrogens (tertiary/aromatic N) is 3. The maximum absolute atomic E-state index is 12.7. The van der Waals surface area contributed by atoms with Crippen molar-refractivity contribution in [1.29, 1.82) is 0 Å². The van der Waals surface area contributed by atoms with E-state index < -0.39 is 5.60 Å². The molecule has 2 heterocycles. The van der Waals surface area contributed by atoms with Crippen molar-refractivity contribution in [3.8, 4) is 0 Å². The van der Waals surface area contributed by atoms with Crippen LogP contribution in [-0.2, 0) is 4.79 Å². The number of rotatable bonds is 3. The molecule has 0 aromatic carbocycles. The monoisotopic (exact) mass is 317 g/mol. The number of hydrogen-bond donors (Lipinski definition) is 1. The first-order valence-corrected chi connectivity index (χ1v) is 8.77. The highest BCUT2D eigenvalue weighted by Gasteiger charge is 2.41. The molecule has 1 amide bonds. The van der Waals surface area contributed by atoms with Gasteiger partial charge in [-0.15, -0.1) is 0 Å². The second-order valence-electron chi connectivity index (χ2n) is 6.85. The Balaban J connectivity index is 1.57. The van der Waals surface area contributed by atoms with Gasteiger partial charge in [-0.25, -0.2) is 0 Å². The number of aromatic nitrogens is 1. The van der Waals surface area contributed by atoms with E-state index in [1.165, 1.54) is 0 Å². The van der Waals surface area contributed by atoms with E-state index in [0.717, 1.165) is 38.0 Å². The van der Waals surface area contributed by atoms with Gasteiger partial charge in [0.05, 0.1) is 5.69 Å². The topological polar surface area (TPSA) is 56.7 Å². The van der Waals surface area contributed by atoms with Gasteiger partial charge in [0.2, 0.25) is 0 Å². The van der Waals surface area contributed by atoms with Crippen molar-refractivity contribution in [2.45, 2.75) is 50.7 Å². The molecule has 1 aliphatic heterocycles. The molecular weight excluding hydrogens is 290 g/mol. The van der Waals surface area contributed by atoms with E-state index in [-0.39, 0.29) is 11.9 Å². The summed E-state index contributed by atoms with van der Waals surface area (Å²) in [4.78, 5) is 21.3. The average Bonchev–Trinajstić information content (AvgIpc) is 2.62. The molecule has 2 fully saturated rings. The summed E-state index contributed by atoms with van der Waals surface area (Å²) in [7, 11) is 0. The molecule has 3 rings (SSSR count). The molecule has 1 aromatic heterocycles. The van der Waals surface area contributed by atoms with Gasteiger partial charge in [-0.2, -0.15) is 0 Å². The molecule has 1 aromatic rings. The van der Waals surface area contributed by atoms with Crippen LogP contribution in [0.1, 0.15) is 50.8 Å². The molecule has 5 heteroatoms. The second kappa shape index (κ2) is 6.97. The standard InChI is InChI=1S/C18H27N3O2/c1-15(16-7-3-6-10-19-16)20-11-13-21(14-12-20)17(22)18(23)8-4-2-5-9-18/h3,6-7,10,15,23H,2,4-5,8-9,11-14H2,1H3/t15-/m1/s1. The van der Waals surface area contributed by atoms with E-state index in [1.54, 1.807) is 0 Å². The maximum atomic E-state index is 12.7. The lowest BCUT2D eigenvalue weighted by Gasteiger charge is -2.41. The number of pyridine rings is 1. The van der Waals surface area contributed by atoms with Crippen LogP contribution < -0.4 is 0 Å². The fourth-order valence-electron chi connectivity index (χ4n) is 3.77. The van der Waals surface area contributed by atoms with Gasteiger partial charge >= 0.3 is 0 Å². The number of carbonyl (C=O) groups excluding carboxylic acids is 1. The van der Waals surface area contributed by atoms with E-state index in [0.29, 0.717) is 25.9 Å². The van der Waals surface area contributed by atoms with Crippen LogP contribution in [0, 0.1) is 0 Å². The zero-order valence-corrected chi connectivity index (χ0v) is 13.9. The molecule has 1 atom stereocenters. The highest BCUT2D eigenvalue weighted by molar-refractivity contribution is 5.85. The number of amides is 1. The van der Waals surface area contributed by atoms with E-state index in [9.17, 15) is 9.90 Å². The molecule has 0 unspecified atom stereocenters. The van der Waals surface area contributed by atoms with Crippen LogP contribution in [0.3, 0.4) is 0 Å². The minimum Gasteiger partial charge on any atom is -0.380 e. The van der Waals surface area contributed by atoms with Gasteiger partial charge in [0, 0.05) is 38.4 Å². The van der Waals surface area contributed by atoms with Crippen molar-refractivity contribution in [1.82, 2.24) is 14.8 Å². The van der Waals surface area contributed by atoms with Gasteiger partial charge in [0.25, 0.3) is 5.91 Å². The quantitative estimate of drug-likeness (QED) is 0.926. The predicted octanol–water partition coefficient (Wildman–Crippen LogP) is 1.98. The third kappa shape index (κ3) is 3.56. The molecule has 5 nitrogen and oxygen atoms in total. The highest BCUT2D eigenvalue weighted by Crippen LogP contribution is 2.30. The van der Waals surface area contributed by atoms with Crippen molar-refractivity contribution < 1.29 is 9.90 Å². The zero-order valence-electron chi connectivity index (χ0n) is 13.9. The summed E-state index contributed by atoms with van der Waals surface area (Å²) in [6.07, 6.45) is 6.11. The Labute approximate surface area is 138 Å². The summed E-state index contributed by atoms with van der Waals surface area (Å²) in [6.45, 7) is 5.21. The Morgan fingerprint density at radius 3 is 2.48 bits per heavy atom. The van der Waals surface area contributed by atoms with Gasteiger partial charge in [0.15, 0.2) is 0 Å². The Morgan fingerprint density at radius 2 is 1.87 bits per heavy atom. The molecule has 1 saturated heterocycles. The fourth-order valence-corrected chi connectivity index (χ4v) is 3.77. The lowest BCUT2D eigenvalue weighted by atomic mass is 9.83. The van der Waals surface area contributed by atoms with Crippen LogP contribution in [0.5, 0.6) is 0 Å². The zero-order chi connectivity index (χ0) is 16.3. The third-order valence-corrected chi connectivity index (χ3v) is 5.34. The molecule has 0 bridgehead atoms. The van der Waals surface area contributed by atoms with Crippen LogP contribution in [0.15, 0.2) is 24.4 Å². The van der Waals surface area contributed by atoms with Crippen molar-refractivity contribution in [2.75, 3.05) is 26.2 Å². The summed E-state index contributed by atoms with van der Waals surface area (Å²) < 4.78 is 0. The molecule has 126 valence electrons. The summed E-state index contributed by atoms with van der Waals surface area (Å²) in [6, 6.07) is 6.24. The first-order valence-electron chi connectivity index (χ1n) is 8.77. The molecule has 2 aliphatic rings. The van der Waals surface area contributed by atoms with Crippen molar-refractivity contribution in [2.24, 2.45) is 0 Å². The van der Waals surface area contributed by atoms with Gasteiger partial charge in [-0.3, -0.25) is 14.7 Å². The van der Waals surface area contributed by atoms with E-state index in [2.05, 4.69) is 16.8 Å². The van der Waals surface area contributed by atoms with Crippen LogP contribution in [0.2, 0.25) is 0 Å². The summed E-state index contributed by atoms with van der Waals surface area (Å²) >= 11 is 0. The first kappa shape index (κ1) is 16.4. The van der Waals surface area contributed by atoms with Gasteiger partial charge in [-0.05, 0) is 31.9 Å². The first-order chi connectivity index (χ1) is 11.1. The SMILES string of the molecule is C[C@H](c1ccccn1)N1CCN(C(=O)C2(O)CCCCC2)CC1. The number of carbonyl (C=O) groups is 1. The predicted molar refractivity (Wildman–Crippen MR) is 88.8 cm³/mol. The van der Waals surface area contributed by atoms with Crippen LogP contribution >= 0.6 is 0 Å². The summed E-state index contributed by atoms with van der Waals surface area (Å²) in [5, 5.41) is 10.6. The fraction of sp³-hybridized carbons (Fsp3) is 0.667. The van der Waals surface area contributed by atoms with Crippen molar-refractivity contribution in [3.05, 3.63) is 30.1 Å². The minimum atomic E-state index is -1.10. The largest absolute Gasteiger partial charge is 0.380 e. The second-order valence-corrected chi connectivity index (χ2v) is 6.85. The van der Waals surface area contributed by atoms with E-state index >= 15 is 0 Å². The van der Waals surface area contributed by atoms with Crippen LogP contribution in [0.4, 0.5) is 0 Å². The van der Waals surface area contributed by atoms with Gasteiger partial charge < -0.3 is 10.0 Å². The van der Waals surface area contributed by atoms with Crippen molar-refractivity contribution >= 4 is 5.91 Å². The third-order valence-electron chi connectivity index (χ3n) is 5.34. The van der Waals surface area contributed by atoms with Gasteiger partial charge in [-0.1, -0.05) is 25.3 Å². The summed E-state index contributed by atoms with van der Waals surface area (Å²) in [5.74, 6) is -0.0534. The smallest absolute Gasteiger partial charge is 0.254 e. The van der Waals surface area contributed by atoms with Crippen LogP contribution in [-0.4, -0.2) is 57.6 Å². The molecule has 23 heavy (non-hydrogen) atoms. The Bertz CT molecular complexity index is 520. The van der Waals surface area contributed by atoms with Gasteiger partial charge in [0.1, 0.15) is 5.60 Å². The molecular formula is C18H27N3O2. The highest BCUT2D eigenvalue weighted by atomic mass is 16.3. The Kier molecular flexibility index (Phi) is 4.97. The molecule has 1 N–H and O–H groups in total. The molecule has 1 aliphatic carbocycles. The molecule has 0 spiro atoms. The Morgan fingerprint density at radius 1 is 1.17 bits per heavy atom. The normalized spacial score (nSPS) is 23.5. The van der Waals surface area contributed by atoms with Crippen molar-refractivity contribution in [3.63, 3.8) is 0 Å². The molecule has 0 radical (unpaired) electrons. The summed E-state index contributed by atoms with van der Waals surface area (Å²) in [5.41, 5.74) is -0.0364. The molecule has 1 saturated carbocycles. The lowest BCUT2D eigenvalue weighted by Crippen LogP contribution is -2.56. The van der Waals surface area contributed by atoms with Crippen LogP contribution in [0.25, 0.3) is 0 Å². The average molecular weight is 317 g/mol. The Hall–Kier alpha value is -1.46.